The predicted octanol–water partition coefficient (Wildman–Crippen LogP) is 2.19. The van der Waals surface area contributed by atoms with Crippen LogP contribution in [0.2, 0.25) is 0 Å². The highest BCUT2D eigenvalue weighted by atomic mass is 14.9. The second-order valence-electron chi connectivity index (χ2n) is 2.56. The fourth-order valence-electron chi connectivity index (χ4n) is 0.655. The van der Waals surface area contributed by atoms with Gasteiger partial charge in [0.2, 0.25) is 0 Å². The number of unbranched alkanes of at least 4 members (excludes halogenated alkanes) is 2. The molecule has 0 heterocycles. The number of allylic oxidation sites excluding steroid dienone is 1. The number of hydrogen-bond acceptors (Lipinski definition) is 2. The summed E-state index contributed by atoms with van der Waals surface area (Å²) in [5.41, 5.74) is 0. The van der Waals surface area contributed by atoms with E-state index in [4.69, 9.17) is 5.26 Å². The summed E-state index contributed by atoms with van der Waals surface area (Å²) in [7, 11) is 0. The van der Waals surface area contributed by atoms with Crippen LogP contribution in [0.25, 0.3) is 0 Å². The Morgan fingerprint density at radius 1 is 1.64 bits per heavy atom. The minimum absolute atomic E-state index is 0.0760. The Labute approximate surface area is 68.9 Å². The van der Waals surface area contributed by atoms with Gasteiger partial charge in [0.1, 0.15) is 6.04 Å². The number of nitrogens with one attached hydrogen (secondary N) is 1. The molecule has 0 amide bonds. The van der Waals surface area contributed by atoms with Gasteiger partial charge in [-0.25, -0.2) is 0 Å². The van der Waals surface area contributed by atoms with Gasteiger partial charge < -0.3 is 5.32 Å². The van der Waals surface area contributed by atoms with Crippen LogP contribution in [0.3, 0.4) is 0 Å². The average molecular weight is 152 g/mol. The molecule has 0 aliphatic rings. The molecule has 11 heavy (non-hydrogen) atoms. The molecule has 1 unspecified atom stereocenters. The maximum absolute atomic E-state index is 8.39. The third-order valence-corrected chi connectivity index (χ3v) is 1.38. The van der Waals surface area contributed by atoms with Crippen LogP contribution in [0.4, 0.5) is 0 Å². The average Bonchev–Trinajstić information content (AvgIpc) is 2.04. The van der Waals surface area contributed by atoms with Gasteiger partial charge in [-0.2, -0.15) is 5.26 Å². The van der Waals surface area contributed by atoms with E-state index in [1.165, 1.54) is 12.8 Å². The van der Waals surface area contributed by atoms with E-state index >= 15 is 0 Å². The quantitative estimate of drug-likeness (QED) is 0.613. The molecule has 2 nitrogen and oxygen atoms in total. The summed E-state index contributed by atoms with van der Waals surface area (Å²) in [6.45, 7) is 4.00. The van der Waals surface area contributed by atoms with Crippen LogP contribution in [0.15, 0.2) is 12.3 Å². The Morgan fingerprint density at radius 3 is 2.91 bits per heavy atom. The van der Waals surface area contributed by atoms with Gasteiger partial charge in [-0.3, -0.25) is 0 Å². The monoisotopic (exact) mass is 152 g/mol. The van der Waals surface area contributed by atoms with Gasteiger partial charge in [-0.15, -0.1) is 0 Å². The molecular weight excluding hydrogens is 136 g/mol. The fourth-order valence-corrected chi connectivity index (χ4v) is 0.655. The van der Waals surface area contributed by atoms with Crippen LogP contribution in [0.1, 0.15) is 33.1 Å². The van der Waals surface area contributed by atoms with Crippen molar-refractivity contribution < 1.29 is 0 Å². The lowest BCUT2D eigenvalue weighted by Gasteiger charge is -1.99. The third kappa shape index (κ3) is 6.92. The zero-order valence-electron chi connectivity index (χ0n) is 7.30. The molecule has 62 valence electrons. The Hall–Kier alpha value is -0.970. The van der Waals surface area contributed by atoms with Gasteiger partial charge in [0.05, 0.1) is 6.07 Å². The van der Waals surface area contributed by atoms with Crippen molar-refractivity contribution in [2.45, 2.75) is 39.2 Å². The van der Waals surface area contributed by atoms with Crippen LogP contribution in [0.5, 0.6) is 0 Å². The Morgan fingerprint density at radius 2 is 2.36 bits per heavy atom. The molecular formula is C9H16N2. The van der Waals surface area contributed by atoms with Gasteiger partial charge >= 0.3 is 0 Å². The maximum Gasteiger partial charge on any atom is 0.111 e. The molecule has 0 aromatic carbocycles. The second kappa shape index (κ2) is 7.14. The van der Waals surface area contributed by atoms with Gasteiger partial charge in [0.25, 0.3) is 0 Å². The lowest BCUT2D eigenvalue weighted by molar-refractivity contribution is 0.766. The third-order valence-electron chi connectivity index (χ3n) is 1.38. The van der Waals surface area contributed by atoms with Crippen molar-refractivity contribution in [2.75, 3.05) is 0 Å². The minimum Gasteiger partial charge on any atom is -0.376 e. The van der Waals surface area contributed by atoms with Crippen LogP contribution < -0.4 is 5.32 Å². The summed E-state index contributed by atoms with van der Waals surface area (Å²) in [4.78, 5) is 0. The molecule has 2 heteroatoms. The fraction of sp³-hybridized carbons (Fsp3) is 0.667. The molecule has 0 spiro atoms. The van der Waals surface area contributed by atoms with E-state index in [9.17, 15) is 0 Å². The van der Waals surface area contributed by atoms with Crippen LogP contribution in [-0.4, -0.2) is 6.04 Å². The minimum atomic E-state index is -0.0760. The summed E-state index contributed by atoms with van der Waals surface area (Å²) in [5, 5.41) is 11.3. The summed E-state index contributed by atoms with van der Waals surface area (Å²) < 4.78 is 0. The summed E-state index contributed by atoms with van der Waals surface area (Å²) >= 11 is 0. The number of rotatable bonds is 5. The molecule has 0 aromatic heterocycles. The number of nitrogens with zero attached hydrogens (tertiary/aromatic N) is 1. The topological polar surface area (TPSA) is 35.8 Å². The van der Waals surface area contributed by atoms with E-state index in [0.29, 0.717) is 0 Å². The molecule has 0 radical (unpaired) electrons. The number of nitriles is 1. The normalized spacial score (nSPS) is 12.8. The predicted molar refractivity (Wildman–Crippen MR) is 46.9 cm³/mol. The molecule has 0 aliphatic heterocycles. The van der Waals surface area contributed by atoms with Crippen molar-refractivity contribution in [3.05, 3.63) is 12.3 Å². The Kier molecular flexibility index (Phi) is 6.51. The highest BCUT2D eigenvalue weighted by molar-refractivity contribution is 4.91. The Bertz CT molecular complexity index is 144. The molecule has 1 atom stereocenters. The van der Waals surface area contributed by atoms with Gasteiger partial charge in [0, 0.05) is 0 Å². The first-order valence-corrected chi connectivity index (χ1v) is 4.12. The van der Waals surface area contributed by atoms with Gasteiger partial charge in [-0.05, 0) is 19.5 Å². The van der Waals surface area contributed by atoms with Crippen molar-refractivity contribution in [3.63, 3.8) is 0 Å². The van der Waals surface area contributed by atoms with Crippen molar-refractivity contribution in [3.8, 4) is 6.07 Å². The summed E-state index contributed by atoms with van der Waals surface area (Å²) in [6.07, 6.45) is 7.47. The SMILES string of the molecule is CCCC/C=C/NC(C)C#N. The van der Waals surface area contributed by atoms with Crippen LogP contribution >= 0.6 is 0 Å². The standard InChI is InChI=1S/C9H16N2/c1-3-4-5-6-7-11-9(2)8-10/h6-7,9,11H,3-5H2,1-2H3/b7-6+. The lowest BCUT2D eigenvalue weighted by Crippen LogP contribution is -2.17. The van der Waals surface area contributed by atoms with Crippen molar-refractivity contribution in [2.24, 2.45) is 0 Å². The van der Waals surface area contributed by atoms with E-state index in [2.05, 4.69) is 24.4 Å². The molecule has 1 N–H and O–H groups in total. The van der Waals surface area contributed by atoms with E-state index in [0.717, 1.165) is 6.42 Å². The van der Waals surface area contributed by atoms with Crippen LogP contribution in [0, 0.1) is 11.3 Å². The first-order chi connectivity index (χ1) is 5.31. The highest BCUT2D eigenvalue weighted by Crippen LogP contribution is 1.93. The molecule has 0 bridgehead atoms. The first-order valence-electron chi connectivity index (χ1n) is 4.12. The Balaban J connectivity index is 3.24. The van der Waals surface area contributed by atoms with E-state index < -0.39 is 0 Å². The molecule has 0 aliphatic carbocycles. The first kappa shape index (κ1) is 10.0. The summed E-state index contributed by atoms with van der Waals surface area (Å²) in [6, 6.07) is 2.02. The second-order valence-corrected chi connectivity index (χ2v) is 2.56. The largest absolute Gasteiger partial charge is 0.376 e. The van der Waals surface area contributed by atoms with Crippen molar-refractivity contribution in [1.82, 2.24) is 5.32 Å². The summed E-state index contributed by atoms with van der Waals surface area (Å²) in [5.74, 6) is 0. The molecule has 0 fully saturated rings. The van der Waals surface area contributed by atoms with Gasteiger partial charge in [0.15, 0.2) is 0 Å². The number of hydrogen-bond donors (Lipinski definition) is 1. The van der Waals surface area contributed by atoms with Crippen LogP contribution in [-0.2, 0) is 0 Å². The van der Waals surface area contributed by atoms with E-state index in [-0.39, 0.29) is 6.04 Å². The van der Waals surface area contributed by atoms with Crippen molar-refractivity contribution in [1.29, 1.82) is 5.26 Å². The van der Waals surface area contributed by atoms with Crippen molar-refractivity contribution >= 4 is 0 Å². The smallest absolute Gasteiger partial charge is 0.111 e. The molecule has 0 aromatic rings. The lowest BCUT2D eigenvalue weighted by atomic mass is 10.2. The maximum atomic E-state index is 8.39. The zero-order valence-corrected chi connectivity index (χ0v) is 7.30. The molecule has 0 saturated heterocycles. The van der Waals surface area contributed by atoms with Gasteiger partial charge in [-0.1, -0.05) is 25.8 Å². The molecule has 0 saturated carbocycles. The zero-order chi connectivity index (χ0) is 8.53. The highest BCUT2D eigenvalue weighted by Gasteiger charge is 1.89. The van der Waals surface area contributed by atoms with E-state index in [1.807, 2.05) is 13.1 Å². The van der Waals surface area contributed by atoms with E-state index in [1.54, 1.807) is 0 Å². The molecule has 0 rings (SSSR count).